The normalized spacial score (nSPS) is 26.1. The molecule has 1 unspecified atom stereocenters. The second-order valence-corrected chi connectivity index (χ2v) is 3.45. The maximum Gasteiger partial charge on any atom is 0.405 e. The van der Waals surface area contributed by atoms with Crippen LogP contribution < -0.4 is 0 Å². The van der Waals surface area contributed by atoms with Crippen LogP contribution in [0.4, 0.5) is 13.2 Å². The van der Waals surface area contributed by atoms with Crippen molar-refractivity contribution in [2.24, 2.45) is 5.41 Å². The number of halogens is 3. The van der Waals surface area contributed by atoms with Crippen LogP contribution in [0.1, 0.15) is 19.8 Å². The van der Waals surface area contributed by atoms with Gasteiger partial charge in [0.05, 0.1) is 19.6 Å². The van der Waals surface area contributed by atoms with Gasteiger partial charge < -0.3 is 9.47 Å². The quantitative estimate of drug-likeness (QED) is 0.685. The second kappa shape index (κ2) is 4.31. The molecule has 0 aliphatic carbocycles. The average molecular weight is 240 g/mol. The Kier molecular flexibility index (Phi) is 3.44. The molecule has 0 amide bonds. The van der Waals surface area contributed by atoms with Gasteiger partial charge in [-0.1, -0.05) is 0 Å². The SMILES string of the molecule is CCOC(=O)C1(C(F)(F)F)CCOC(=O)C1. The summed E-state index contributed by atoms with van der Waals surface area (Å²) in [7, 11) is 0. The standard InChI is InChI=1S/C9H11F3O4/c1-2-15-7(14)8(9(10,11)12)3-4-16-6(13)5-8/h2-5H2,1H3. The second-order valence-electron chi connectivity index (χ2n) is 3.45. The summed E-state index contributed by atoms with van der Waals surface area (Å²) in [5.74, 6) is -2.43. The van der Waals surface area contributed by atoms with Crippen LogP contribution >= 0.6 is 0 Å². The van der Waals surface area contributed by atoms with Crippen molar-refractivity contribution in [2.45, 2.75) is 25.9 Å². The minimum atomic E-state index is -4.81. The molecule has 1 saturated heterocycles. The predicted molar refractivity (Wildman–Crippen MR) is 45.3 cm³/mol. The minimum Gasteiger partial charge on any atom is -0.466 e. The Balaban J connectivity index is 3.01. The smallest absolute Gasteiger partial charge is 0.405 e. The number of alkyl halides is 3. The van der Waals surface area contributed by atoms with E-state index in [4.69, 9.17) is 0 Å². The predicted octanol–water partition coefficient (Wildman–Crippen LogP) is 1.44. The number of hydrogen-bond acceptors (Lipinski definition) is 4. The van der Waals surface area contributed by atoms with Gasteiger partial charge in [-0.2, -0.15) is 13.2 Å². The van der Waals surface area contributed by atoms with Gasteiger partial charge in [0.25, 0.3) is 0 Å². The molecular formula is C9H11F3O4. The monoisotopic (exact) mass is 240 g/mol. The third-order valence-corrected chi connectivity index (χ3v) is 2.45. The number of esters is 2. The van der Waals surface area contributed by atoms with E-state index in [0.717, 1.165) is 0 Å². The van der Waals surface area contributed by atoms with Crippen molar-refractivity contribution in [3.05, 3.63) is 0 Å². The lowest BCUT2D eigenvalue weighted by Gasteiger charge is -2.35. The van der Waals surface area contributed by atoms with E-state index in [-0.39, 0.29) is 6.61 Å². The molecule has 1 aliphatic heterocycles. The van der Waals surface area contributed by atoms with Crippen molar-refractivity contribution in [1.29, 1.82) is 0 Å². The summed E-state index contributed by atoms with van der Waals surface area (Å²) >= 11 is 0. The Morgan fingerprint density at radius 1 is 1.56 bits per heavy atom. The van der Waals surface area contributed by atoms with Crippen molar-refractivity contribution < 1.29 is 32.2 Å². The van der Waals surface area contributed by atoms with Gasteiger partial charge in [0.15, 0.2) is 5.41 Å². The summed E-state index contributed by atoms with van der Waals surface area (Å²) in [6.45, 7) is 0.825. The Morgan fingerprint density at radius 3 is 2.62 bits per heavy atom. The van der Waals surface area contributed by atoms with Crippen LogP contribution in [-0.2, 0) is 19.1 Å². The van der Waals surface area contributed by atoms with Crippen LogP contribution in [0, 0.1) is 5.41 Å². The highest BCUT2D eigenvalue weighted by Gasteiger charge is 2.63. The highest BCUT2D eigenvalue weighted by Crippen LogP contribution is 2.47. The van der Waals surface area contributed by atoms with Crippen LogP contribution in [0.2, 0.25) is 0 Å². The first-order valence-corrected chi connectivity index (χ1v) is 4.73. The number of hydrogen-bond donors (Lipinski definition) is 0. The summed E-state index contributed by atoms with van der Waals surface area (Å²) in [6, 6.07) is 0. The topological polar surface area (TPSA) is 52.6 Å². The number of carbonyl (C=O) groups excluding carboxylic acids is 2. The zero-order valence-electron chi connectivity index (χ0n) is 8.60. The zero-order chi connectivity index (χ0) is 12.4. The average Bonchev–Trinajstić information content (AvgIpc) is 2.16. The summed E-state index contributed by atoms with van der Waals surface area (Å²) in [6.07, 6.45) is -6.39. The molecule has 0 spiro atoms. The van der Waals surface area contributed by atoms with E-state index in [1.165, 1.54) is 6.92 Å². The van der Waals surface area contributed by atoms with Crippen LogP contribution in [0.25, 0.3) is 0 Å². The number of cyclic esters (lactones) is 1. The molecule has 0 aromatic carbocycles. The first-order valence-electron chi connectivity index (χ1n) is 4.73. The molecule has 0 aromatic heterocycles. The number of carbonyl (C=O) groups is 2. The third-order valence-electron chi connectivity index (χ3n) is 2.45. The lowest BCUT2D eigenvalue weighted by Crippen LogP contribution is -2.51. The van der Waals surface area contributed by atoms with Crippen molar-refractivity contribution in [1.82, 2.24) is 0 Å². The van der Waals surface area contributed by atoms with Gasteiger partial charge in [0, 0.05) is 6.42 Å². The molecular weight excluding hydrogens is 229 g/mol. The maximum absolute atomic E-state index is 12.8. The summed E-state index contributed by atoms with van der Waals surface area (Å²) in [5.41, 5.74) is -2.74. The number of ether oxygens (including phenoxy) is 2. The van der Waals surface area contributed by atoms with Gasteiger partial charge in [-0.3, -0.25) is 9.59 Å². The molecule has 1 heterocycles. The van der Waals surface area contributed by atoms with E-state index in [1.807, 2.05) is 0 Å². The highest BCUT2D eigenvalue weighted by atomic mass is 19.4. The highest BCUT2D eigenvalue weighted by molar-refractivity contribution is 5.85. The fourth-order valence-electron chi connectivity index (χ4n) is 1.53. The summed E-state index contributed by atoms with van der Waals surface area (Å²) < 4.78 is 47.3. The van der Waals surface area contributed by atoms with Crippen molar-refractivity contribution >= 4 is 11.9 Å². The van der Waals surface area contributed by atoms with E-state index >= 15 is 0 Å². The molecule has 1 rings (SSSR count). The molecule has 4 nitrogen and oxygen atoms in total. The fraction of sp³-hybridized carbons (Fsp3) is 0.778. The van der Waals surface area contributed by atoms with Crippen LogP contribution in [0.3, 0.4) is 0 Å². The van der Waals surface area contributed by atoms with E-state index in [2.05, 4.69) is 9.47 Å². The fourth-order valence-corrected chi connectivity index (χ4v) is 1.53. The van der Waals surface area contributed by atoms with Gasteiger partial charge in [0.2, 0.25) is 0 Å². The van der Waals surface area contributed by atoms with Crippen molar-refractivity contribution in [3.8, 4) is 0 Å². The van der Waals surface area contributed by atoms with E-state index in [0.29, 0.717) is 0 Å². The molecule has 0 bridgehead atoms. The zero-order valence-corrected chi connectivity index (χ0v) is 8.60. The van der Waals surface area contributed by atoms with E-state index in [1.54, 1.807) is 0 Å². The molecule has 0 saturated carbocycles. The van der Waals surface area contributed by atoms with Gasteiger partial charge in [0.1, 0.15) is 0 Å². The van der Waals surface area contributed by atoms with Crippen LogP contribution in [-0.4, -0.2) is 31.3 Å². The first kappa shape index (κ1) is 12.8. The van der Waals surface area contributed by atoms with Gasteiger partial charge >= 0.3 is 18.1 Å². The molecule has 1 fully saturated rings. The maximum atomic E-state index is 12.8. The van der Waals surface area contributed by atoms with E-state index in [9.17, 15) is 22.8 Å². The van der Waals surface area contributed by atoms with Gasteiger partial charge in [-0.05, 0) is 6.92 Å². The molecule has 16 heavy (non-hydrogen) atoms. The largest absolute Gasteiger partial charge is 0.466 e. The lowest BCUT2D eigenvalue weighted by atomic mass is 9.79. The third kappa shape index (κ3) is 2.12. The Morgan fingerprint density at radius 2 is 2.19 bits per heavy atom. The molecule has 92 valence electrons. The first-order chi connectivity index (χ1) is 7.33. The minimum absolute atomic E-state index is 0.161. The molecule has 0 aromatic rings. The molecule has 0 N–H and O–H groups in total. The van der Waals surface area contributed by atoms with Crippen molar-refractivity contribution in [3.63, 3.8) is 0 Å². The van der Waals surface area contributed by atoms with E-state index < -0.39 is 43.0 Å². The van der Waals surface area contributed by atoms with Crippen LogP contribution in [0.15, 0.2) is 0 Å². The number of rotatable bonds is 2. The molecule has 0 radical (unpaired) electrons. The summed E-state index contributed by atoms with van der Waals surface area (Å²) in [4.78, 5) is 22.3. The Bertz CT molecular complexity index is 300. The molecule has 1 atom stereocenters. The van der Waals surface area contributed by atoms with Crippen LogP contribution in [0.5, 0.6) is 0 Å². The Labute approximate surface area is 89.7 Å². The van der Waals surface area contributed by atoms with Gasteiger partial charge in [-0.25, -0.2) is 0 Å². The summed E-state index contributed by atoms with van der Waals surface area (Å²) in [5, 5.41) is 0. The van der Waals surface area contributed by atoms with Gasteiger partial charge in [-0.15, -0.1) is 0 Å². The molecule has 7 heteroatoms. The van der Waals surface area contributed by atoms with Crippen molar-refractivity contribution in [2.75, 3.05) is 13.2 Å². The Hall–Kier alpha value is -1.27. The molecule has 1 aliphatic rings. The lowest BCUT2D eigenvalue weighted by molar-refractivity contribution is -0.249.